The van der Waals surface area contributed by atoms with Gasteiger partial charge in [0.05, 0.1) is 6.61 Å². The summed E-state index contributed by atoms with van der Waals surface area (Å²) < 4.78 is 35.9. The van der Waals surface area contributed by atoms with Crippen LogP contribution in [0.2, 0.25) is 0 Å². The highest BCUT2D eigenvalue weighted by molar-refractivity contribution is 5.90. The molecule has 0 aliphatic heterocycles. The van der Waals surface area contributed by atoms with Gasteiger partial charge in [0.15, 0.2) is 11.5 Å². The summed E-state index contributed by atoms with van der Waals surface area (Å²) in [5.74, 6) is -0.231. The lowest BCUT2D eigenvalue weighted by atomic mass is 10.2. The van der Waals surface area contributed by atoms with E-state index in [4.69, 9.17) is 4.74 Å². The van der Waals surface area contributed by atoms with Crippen LogP contribution in [0, 0.1) is 6.92 Å². The van der Waals surface area contributed by atoms with Gasteiger partial charge < -0.3 is 14.8 Å². The topological polar surface area (TPSA) is 65.4 Å². The Balaban J connectivity index is 2.08. The molecule has 23 heavy (non-hydrogen) atoms. The molecule has 0 atom stereocenters. The molecule has 0 saturated heterocycles. The molecule has 1 aromatic carbocycles. The fraction of sp³-hybridized carbons (Fsp3) is 0.333. The van der Waals surface area contributed by atoms with Crippen molar-refractivity contribution in [1.29, 1.82) is 0 Å². The van der Waals surface area contributed by atoms with Crippen LogP contribution in [0.5, 0.6) is 11.5 Å². The number of aromatic nitrogens is 2. The second-order valence-electron chi connectivity index (χ2n) is 4.65. The maximum atomic E-state index is 12.3. The molecule has 1 N–H and O–H groups in total. The van der Waals surface area contributed by atoms with Gasteiger partial charge in [0.25, 0.3) is 0 Å². The highest BCUT2D eigenvalue weighted by atomic mass is 19.3. The quantitative estimate of drug-likeness (QED) is 0.850. The zero-order chi connectivity index (χ0) is 16.8. The zero-order valence-corrected chi connectivity index (χ0v) is 12.8. The minimum atomic E-state index is -2.95. The molecule has 2 aromatic rings. The summed E-state index contributed by atoms with van der Waals surface area (Å²) in [5, 5.41) is 6.68. The maximum Gasteiger partial charge on any atom is 0.387 e. The molecule has 0 radical (unpaired) electrons. The molecule has 0 aliphatic rings. The van der Waals surface area contributed by atoms with Gasteiger partial charge in [-0.25, -0.2) is 0 Å². The van der Waals surface area contributed by atoms with Crippen molar-refractivity contribution in [2.75, 3.05) is 11.9 Å². The number of alkyl halides is 2. The molecule has 2 rings (SSSR count). The molecular weight excluding hydrogens is 308 g/mol. The molecule has 0 bridgehead atoms. The Morgan fingerprint density at radius 3 is 2.74 bits per heavy atom. The number of carbonyl (C=O) groups is 1. The number of nitrogens with zero attached hydrogens (tertiary/aromatic N) is 2. The third-order valence-electron chi connectivity index (χ3n) is 2.97. The molecule has 1 heterocycles. The molecule has 0 aliphatic carbocycles. The number of amides is 1. The lowest BCUT2D eigenvalue weighted by Crippen LogP contribution is -2.20. The number of nitrogens with one attached hydrogen (secondary N) is 1. The van der Waals surface area contributed by atoms with E-state index in [1.807, 2.05) is 6.92 Å². The Bertz CT molecular complexity index is 674. The van der Waals surface area contributed by atoms with Crippen molar-refractivity contribution in [3.63, 3.8) is 0 Å². The van der Waals surface area contributed by atoms with Crippen molar-refractivity contribution < 1.29 is 23.0 Å². The average Bonchev–Trinajstić information content (AvgIpc) is 2.87. The van der Waals surface area contributed by atoms with E-state index >= 15 is 0 Å². The normalized spacial score (nSPS) is 10.7. The van der Waals surface area contributed by atoms with E-state index in [0.717, 1.165) is 5.69 Å². The van der Waals surface area contributed by atoms with Gasteiger partial charge in [-0.1, -0.05) is 0 Å². The largest absolute Gasteiger partial charge is 0.490 e. The Labute approximate surface area is 132 Å². The minimum Gasteiger partial charge on any atom is -0.490 e. The predicted octanol–water partition coefficient (Wildman–Crippen LogP) is 2.83. The fourth-order valence-corrected chi connectivity index (χ4v) is 1.95. The number of anilines is 1. The molecule has 124 valence electrons. The zero-order valence-electron chi connectivity index (χ0n) is 12.8. The second-order valence-corrected chi connectivity index (χ2v) is 4.65. The maximum absolute atomic E-state index is 12.3. The van der Waals surface area contributed by atoms with Gasteiger partial charge in [0, 0.05) is 23.6 Å². The summed E-state index contributed by atoms with van der Waals surface area (Å²) in [6.07, 6.45) is 1.60. The van der Waals surface area contributed by atoms with Gasteiger partial charge in [-0.05, 0) is 32.0 Å². The number of aryl methyl sites for hydroxylation is 1. The minimum absolute atomic E-state index is 0.0537. The number of hydrogen-bond donors (Lipinski definition) is 1. The number of rotatable bonds is 7. The van der Waals surface area contributed by atoms with Gasteiger partial charge in [-0.2, -0.15) is 13.9 Å². The second kappa shape index (κ2) is 7.57. The first kappa shape index (κ1) is 16.7. The summed E-state index contributed by atoms with van der Waals surface area (Å²) in [6, 6.07) is 6.02. The van der Waals surface area contributed by atoms with E-state index in [1.54, 1.807) is 23.9 Å². The Kier molecular flexibility index (Phi) is 5.51. The van der Waals surface area contributed by atoms with Crippen molar-refractivity contribution >= 4 is 11.6 Å². The van der Waals surface area contributed by atoms with Crippen LogP contribution in [0.3, 0.4) is 0 Å². The molecule has 0 spiro atoms. The van der Waals surface area contributed by atoms with E-state index in [0.29, 0.717) is 5.69 Å². The number of benzene rings is 1. The van der Waals surface area contributed by atoms with Crippen molar-refractivity contribution in [1.82, 2.24) is 9.78 Å². The van der Waals surface area contributed by atoms with Gasteiger partial charge in [-0.3, -0.25) is 9.48 Å². The molecule has 1 amide bonds. The predicted molar refractivity (Wildman–Crippen MR) is 79.8 cm³/mol. The van der Waals surface area contributed by atoms with E-state index in [9.17, 15) is 13.6 Å². The monoisotopic (exact) mass is 325 g/mol. The Hall–Kier alpha value is -2.64. The highest BCUT2D eigenvalue weighted by Gasteiger charge is 2.13. The van der Waals surface area contributed by atoms with Crippen LogP contribution in [-0.4, -0.2) is 28.9 Å². The lowest BCUT2D eigenvalue weighted by molar-refractivity contribution is -0.116. The van der Waals surface area contributed by atoms with E-state index < -0.39 is 6.61 Å². The number of halogens is 2. The molecule has 0 unspecified atom stereocenters. The van der Waals surface area contributed by atoms with E-state index in [-0.39, 0.29) is 30.6 Å². The number of carbonyl (C=O) groups excluding carboxylic acids is 1. The average molecular weight is 325 g/mol. The van der Waals surface area contributed by atoms with E-state index in [1.165, 1.54) is 18.2 Å². The summed E-state index contributed by atoms with van der Waals surface area (Å²) in [6.45, 7) is 0.945. The summed E-state index contributed by atoms with van der Waals surface area (Å²) in [7, 11) is 0. The van der Waals surface area contributed by atoms with Crippen LogP contribution < -0.4 is 14.8 Å². The van der Waals surface area contributed by atoms with Crippen LogP contribution >= 0.6 is 0 Å². The number of ether oxygens (including phenoxy) is 2. The van der Waals surface area contributed by atoms with Crippen molar-refractivity contribution in [2.24, 2.45) is 0 Å². The summed E-state index contributed by atoms with van der Waals surface area (Å²) >= 11 is 0. The van der Waals surface area contributed by atoms with E-state index in [2.05, 4.69) is 15.2 Å². The summed E-state index contributed by atoms with van der Waals surface area (Å²) in [5.41, 5.74) is 1.28. The third kappa shape index (κ3) is 4.67. The SMILES string of the molecule is CCOc1cc(NC(=O)Cn2nccc2C)ccc1OC(F)F. The fourth-order valence-electron chi connectivity index (χ4n) is 1.95. The summed E-state index contributed by atoms with van der Waals surface area (Å²) in [4.78, 5) is 12.0. The molecule has 8 heteroatoms. The first-order chi connectivity index (χ1) is 11.0. The highest BCUT2D eigenvalue weighted by Crippen LogP contribution is 2.31. The number of hydrogen-bond acceptors (Lipinski definition) is 4. The van der Waals surface area contributed by atoms with Crippen molar-refractivity contribution in [3.8, 4) is 11.5 Å². The third-order valence-corrected chi connectivity index (χ3v) is 2.97. The first-order valence-electron chi connectivity index (χ1n) is 6.99. The molecule has 0 saturated carbocycles. The molecular formula is C15H17F2N3O3. The Morgan fingerprint density at radius 1 is 1.35 bits per heavy atom. The van der Waals surface area contributed by atoms with Gasteiger partial charge in [0.1, 0.15) is 6.54 Å². The smallest absolute Gasteiger partial charge is 0.387 e. The van der Waals surface area contributed by atoms with Gasteiger partial charge in [-0.15, -0.1) is 0 Å². The van der Waals surface area contributed by atoms with Crippen molar-refractivity contribution in [2.45, 2.75) is 27.0 Å². The Morgan fingerprint density at radius 2 is 2.13 bits per heavy atom. The van der Waals surface area contributed by atoms with Crippen LogP contribution in [0.4, 0.5) is 14.5 Å². The first-order valence-corrected chi connectivity index (χ1v) is 6.99. The van der Waals surface area contributed by atoms with Gasteiger partial charge >= 0.3 is 6.61 Å². The molecule has 1 aromatic heterocycles. The lowest BCUT2D eigenvalue weighted by Gasteiger charge is -2.13. The standard InChI is InChI=1S/C15H17F2N3O3/c1-3-22-13-8-11(4-5-12(13)23-15(16)17)19-14(21)9-20-10(2)6-7-18-20/h4-8,15H,3,9H2,1-2H3,(H,19,21). The van der Waals surface area contributed by atoms with Crippen LogP contribution in [0.25, 0.3) is 0 Å². The van der Waals surface area contributed by atoms with Crippen LogP contribution in [0.1, 0.15) is 12.6 Å². The van der Waals surface area contributed by atoms with Crippen LogP contribution in [-0.2, 0) is 11.3 Å². The van der Waals surface area contributed by atoms with Crippen LogP contribution in [0.15, 0.2) is 30.5 Å². The molecule has 6 nitrogen and oxygen atoms in total. The van der Waals surface area contributed by atoms with Crippen molar-refractivity contribution in [3.05, 3.63) is 36.2 Å². The molecule has 0 fully saturated rings. The van der Waals surface area contributed by atoms with Gasteiger partial charge in [0.2, 0.25) is 5.91 Å².